The van der Waals surface area contributed by atoms with E-state index in [-0.39, 0.29) is 22.5 Å². The number of halogens is 2. The van der Waals surface area contributed by atoms with Gasteiger partial charge in [0.2, 0.25) is 5.69 Å². The molecule has 0 amide bonds. The van der Waals surface area contributed by atoms with Crippen LogP contribution in [0.3, 0.4) is 0 Å². The summed E-state index contributed by atoms with van der Waals surface area (Å²) in [5, 5.41) is 12.2. The van der Waals surface area contributed by atoms with E-state index < -0.39 is 17.4 Å². The molecule has 100 valence electrons. The number of aryl methyl sites for hydroxylation is 1. The first-order valence-electron chi connectivity index (χ1n) is 5.94. The molecule has 0 bridgehead atoms. The van der Waals surface area contributed by atoms with Gasteiger partial charge in [-0.05, 0) is 36.8 Å². The predicted octanol–water partition coefficient (Wildman–Crippen LogP) is 3.10. The number of hydrogen-bond donors (Lipinski definition) is 0. The number of carbonyl (C=O) groups is 1. The Bertz CT molecular complexity index is 781. The normalized spacial score (nSPS) is 13.8. The molecule has 1 aliphatic rings. The van der Waals surface area contributed by atoms with Gasteiger partial charge in [0.1, 0.15) is 5.56 Å². The van der Waals surface area contributed by atoms with Gasteiger partial charge in [0, 0.05) is 6.07 Å². The van der Waals surface area contributed by atoms with Gasteiger partial charge in [-0.1, -0.05) is 6.07 Å². The van der Waals surface area contributed by atoms with Crippen LogP contribution in [0.4, 0.5) is 14.5 Å². The quantitative estimate of drug-likeness (QED) is 0.592. The van der Waals surface area contributed by atoms with E-state index in [2.05, 4.69) is 0 Å². The zero-order chi connectivity index (χ0) is 14.4. The van der Waals surface area contributed by atoms with E-state index in [1.165, 1.54) is 6.07 Å². The van der Waals surface area contributed by atoms with Gasteiger partial charge in [0.15, 0.2) is 11.6 Å². The average molecular weight is 273 g/mol. The molecule has 0 radical (unpaired) electrons. The lowest BCUT2D eigenvalue weighted by Gasteiger charge is -2.02. The van der Waals surface area contributed by atoms with Crippen LogP contribution in [0.1, 0.15) is 21.5 Å². The Balaban J connectivity index is 2.18. The van der Waals surface area contributed by atoms with Gasteiger partial charge in [0.25, 0.3) is 11.5 Å². The van der Waals surface area contributed by atoms with Gasteiger partial charge < -0.3 is 5.21 Å². The standard InChI is InChI=1S/C15H9F2NO2/c1-8-2-5-13-10(6-8)15(19)14(18(13)20)9-3-4-11(16)12(17)7-9/h2-7H,1H3. The van der Waals surface area contributed by atoms with Gasteiger partial charge >= 0.3 is 0 Å². The number of fused-ring (bicyclic) bond motifs is 1. The molecule has 0 N–H and O–H groups in total. The summed E-state index contributed by atoms with van der Waals surface area (Å²) in [6.45, 7) is 1.80. The van der Waals surface area contributed by atoms with Crippen LogP contribution < -0.4 is 0 Å². The monoisotopic (exact) mass is 273 g/mol. The van der Waals surface area contributed by atoms with Crippen molar-refractivity contribution in [2.75, 3.05) is 0 Å². The lowest BCUT2D eigenvalue weighted by atomic mass is 10.0. The van der Waals surface area contributed by atoms with Crippen LogP contribution in [0.15, 0.2) is 36.4 Å². The van der Waals surface area contributed by atoms with Crippen molar-refractivity contribution in [1.29, 1.82) is 0 Å². The van der Waals surface area contributed by atoms with E-state index in [1.807, 2.05) is 0 Å². The second kappa shape index (κ2) is 4.23. The molecule has 3 rings (SSSR count). The van der Waals surface area contributed by atoms with Crippen molar-refractivity contribution >= 4 is 17.2 Å². The Kier molecular flexibility index (Phi) is 2.64. The van der Waals surface area contributed by atoms with Crippen LogP contribution in [-0.4, -0.2) is 16.2 Å². The minimum atomic E-state index is -1.09. The van der Waals surface area contributed by atoms with Crippen molar-refractivity contribution in [3.05, 3.63) is 69.9 Å². The maximum atomic E-state index is 13.3. The maximum absolute atomic E-state index is 13.3. The molecule has 0 aromatic heterocycles. The van der Waals surface area contributed by atoms with E-state index >= 15 is 0 Å². The van der Waals surface area contributed by atoms with Crippen molar-refractivity contribution in [1.82, 2.24) is 0 Å². The molecule has 0 unspecified atom stereocenters. The summed E-state index contributed by atoms with van der Waals surface area (Å²) in [6.07, 6.45) is 0. The predicted molar refractivity (Wildman–Crippen MR) is 69.3 cm³/mol. The first kappa shape index (κ1) is 12.5. The van der Waals surface area contributed by atoms with Crippen molar-refractivity contribution in [2.24, 2.45) is 0 Å². The van der Waals surface area contributed by atoms with Gasteiger partial charge in [0.05, 0.1) is 5.56 Å². The summed E-state index contributed by atoms with van der Waals surface area (Å²) >= 11 is 0. The molecule has 2 aromatic carbocycles. The van der Waals surface area contributed by atoms with Crippen LogP contribution in [0.25, 0.3) is 0 Å². The van der Waals surface area contributed by atoms with Crippen molar-refractivity contribution in [2.45, 2.75) is 6.92 Å². The molecular weight excluding hydrogens is 264 g/mol. The minimum Gasteiger partial charge on any atom is -0.618 e. The number of carbonyl (C=O) groups excluding carboxylic acids is 1. The zero-order valence-corrected chi connectivity index (χ0v) is 10.5. The van der Waals surface area contributed by atoms with Crippen LogP contribution in [0.5, 0.6) is 0 Å². The highest BCUT2D eigenvalue weighted by Gasteiger charge is 2.36. The second-order valence-electron chi connectivity index (χ2n) is 4.62. The Morgan fingerprint density at radius 3 is 2.50 bits per heavy atom. The number of benzene rings is 2. The second-order valence-corrected chi connectivity index (χ2v) is 4.62. The summed E-state index contributed by atoms with van der Waals surface area (Å²) in [5.41, 5.74) is 1.22. The fourth-order valence-electron chi connectivity index (χ4n) is 2.24. The summed E-state index contributed by atoms with van der Waals surface area (Å²) in [5.74, 6) is -2.60. The van der Waals surface area contributed by atoms with Crippen molar-refractivity contribution in [3.63, 3.8) is 0 Å². The average Bonchev–Trinajstić information content (AvgIpc) is 2.65. The summed E-state index contributed by atoms with van der Waals surface area (Å²) in [7, 11) is 0. The molecule has 0 saturated heterocycles. The van der Waals surface area contributed by atoms with E-state index in [0.29, 0.717) is 4.74 Å². The number of nitrogens with zero attached hydrogens (tertiary/aromatic N) is 1. The Morgan fingerprint density at radius 1 is 1.05 bits per heavy atom. The molecule has 2 aromatic rings. The minimum absolute atomic E-state index is 0.0674. The molecular formula is C15H9F2NO2. The van der Waals surface area contributed by atoms with Gasteiger partial charge in [-0.15, -0.1) is 0 Å². The Labute approximate surface area is 113 Å². The third-order valence-corrected chi connectivity index (χ3v) is 3.23. The van der Waals surface area contributed by atoms with E-state index in [0.717, 1.165) is 17.7 Å². The third-order valence-electron chi connectivity index (χ3n) is 3.23. The highest BCUT2D eigenvalue weighted by atomic mass is 19.2. The number of hydrogen-bond acceptors (Lipinski definition) is 2. The van der Waals surface area contributed by atoms with Gasteiger partial charge in [-0.3, -0.25) is 4.79 Å². The molecule has 0 fully saturated rings. The molecule has 0 saturated carbocycles. The summed E-state index contributed by atoms with van der Waals surface area (Å²) in [4.78, 5) is 12.3. The fourth-order valence-corrected chi connectivity index (χ4v) is 2.24. The van der Waals surface area contributed by atoms with Gasteiger partial charge in [-0.2, -0.15) is 4.74 Å². The van der Waals surface area contributed by atoms with E-state index in [9.17, 15) is 18.8 Å². The van der Waals surface area contributed by atoms with Crippen LogP contribution >= 0.6 is 0 Å². The summed E-state index contributed by atoms with van der Waals surface area (Å²) in [6, 6.07) is 7.83. The Morgan fingerprint density at radius 2 is 1.80 bits per heavy atom. The molecule has 1 heterocycles. The molecule has 0 aliphatic carbocycles. The highest BCUT2D eigenvalue weighted by molar-refractivity contribution is 6.52. The molecule has 0 spiro atoms. The smallest absolute Gasteiger partial charge is 0.273 e. The van der Waals surface area contributed by atoms with E-state index in [4.69, 9.17) is 0 Å². The highest BCUT2D eigenvalue weighted by Crippen LogP contribution is 2.29. The fraction of sp³-hybridized carbons (Fsp3) is 0.0667. The number of rotatable bonds is 1. The SMILES string of the molecule is Cc1ccc2c(c1)C(=O)C(c1ccc(F)c(F)c1)=[N+]2[O-]. The lowest BCUT2D eigenvalue weighted by molar-refractivity contribution is -0.355. The number of Topliss-reactive ketones (excluding diaryl/α,β-unsaturated/α-hetero) is 1. The third kappa shape index (κ3) is 1.71. The topological polar surface area (TPSA) is 43.1 Å². The lowest BCUT2D eigenvalue weighted by Crippen LogP contribution is -2.17. The van der Waals surface area contributed by atoms with Crippen molar-refractivity contribution in [3.8, 4) is 0 Å². The molecule has 3 nitrogen and oxygen atoms in total. The number of ketones is 1. The van der Waals surface area contributed by atoms with Crippen LogP contribution in [0.2, 0.25) is 0 Å². The summed E-state index contributed by atoms with van der Waals surface area (Å²) < 4.78 is 26.7. The maximum Gasteiger partial charge on any atom is 0.273 e. The molecule has 5 heteroatoms. The van der Waals surface area contributed by atoms with Gasteiger partial charge in [-0.25, -0.2) is 8.78 Å². The molecule has 1 aliphatic heterocycles. The van der Waals surface area contributed by atoms with Crippen molar-refractivity contribution < 1.29 is 18.3 Å². The largest absolute Gasteiger partial charge is 0.618 e. The Hall–Kier alpha value is -2.56. The molecule has 20 heavy (non-hydrogen) atoms. The zero-order valence-electron chi connectivity index (χ0n) is 10.5. The van der Waals surface area contributed by atoms with Crippen LogP contribution in [-0.2, 0) is 0 Å². The van der Waals surface area contributed by atoms with E-state index in [1.54, 1.807) is 25.1 Å². The first-order chi connectivity index (χ1) is 9.49. The molecule has 0 atom stereocenters. The van der Waals surface area contributed by atoms with Crippen LogP contribution in [0, 0.1) is 23.8 Å². The first-order valence-corrected chi connectivity index (χ1v) is 5.94.